The molecule has 0 saturated carbocycles. The Bertz CT molecular complexity index is 626. The summed E-state index contributed by atoms with van der Waals surface area (Å²) in [5.41, 5.74) is 1.00. The average Bonchev–Trinajstić information content (AvgIpc) is 2.39. The summed E-state index contributed by atoms with van der Waals surface area (Å²) in [4.78, 5) is 21.9. The van der Waals surface area contributed by atoms with E-state index in [-0.39, 0.29) is 11.6 Å². The van der Waals surface area contributed by atoms with Crippen LogP contribution in [0.25, 0.3) is 0 Å². The number of rotatable bonds is 3. The second-order valence-corrected chi connectivity index (χ2v) is 4.68. The van der Waals surface area contributed by atoms with Crippen molar-refractivity contribution in [1.29, 1.82) is 0 Å². The number of carbonyl (C=O) groups excluding carboxylic acids is 1. The first-order valence-corrected chi connectivity index (χ1v) is 6.17. The third-order valence-corrected chi connectivity index (χ3v) is 2.92. The van der Waals surface area contributed by atoms with Gasteiger partial charge in [-0.2, -0.15) is 0 Å². The standard InChI is InChI=1S/C13H9BrN2O3/c14-10-3-1-2-9(8-10)13(17)15-11-4-6-12(7-5-11)16(18)19/h1-8H,(H,15,17). The van der Waals surface area contributed by atoms with Crippen LogP contribution in [0.15, 0.2) is 53.0 Å². The van der Waals surface area contributed by atoms with Gasteiger partial charge in [-0.25, -0.2) is 0 Å². The van der Waals surface area contributed by atoms with Gasteiger partial charge >= 0.3 is 0 Å². The van der Waals surface area contributed by atoms with E-state index in [1.807, 2.05) is 6.07 Å². The summed E-state index contributed by atoms with van der Waals surface area (Å²) in [5.74, 6) is -0.268. The second-order valence-electron chi connectivity index (χ2n) is 3.77. The minimum atomic E-state index is -0.486. The summed E-state index contributed by atoms with van der Waals surface area (Å²) in [5, 5.41) is 13.2. The number of halogens is 1. The number of nitrogens with one attached hydrogen (secondary N) is 1. The highest BCUT2D eigenvalue weighted by Crippen LogP contribution is 2.17. The third kappa shape index (κ3) is 3.38. The molecule has 96 valence electrons. The van der Waals surface area contributed by atoms with Crippen molar-refractivity contribution in [3.63, 3.8) is 0 Å². The van der Waals surface area contributed by atoms with Crippen molar-refractivity contribution in [3.05, 3.63) is 68.7 Å². The van der Waals surface area contributed by atoms with Gasteiger partial charge in [0.15, 0.2) is 0 Å². The molecule has 1 N–H and O–H groups in total. The Morgan fingerprint density at radius 1 is 1.16 bits per heavy atom. The quantitative estimate of drug-likeness (QED) is 0.693. The Morgan fingerprint density at radius 2 is 1.84 bits per heavy atom. The maximum atomic E-state index is 11.9. The van der Waals surface area contributed by atoms with Gasteiger partial charge < -0.3 is 5.32 Å². The molecule has 2 aromatic carbocycles. The third-order valence-electron chi connectivity index (χ3n) is 2.42. The number of amides is 1. The molecule has 0 fully saturated rings. The maximum Gasteiger partial charge on any atom is 0.269 e. The fraction of sp³-hybridized carbons (Fsp3) is 0. The first-order valence-electron chi connectivity index (χ1n) is 5.37. The molecule has 0 heterocycles. The summed E-state index contributed by atoms with van der Waals surface area (Å²) in [6.07, 6.45) is 0. The summed E-state index contributed by atoms with van der Waals surface area (Å²) in [7, 11) is 0. The molecule has 0 aromatic heterocycles. The van der Waals surface area contributed by atoms with Crippen molar-refractivity contribution >= 4 is 33.2 Å². The van der Waals surface area contributed by atoms with E-state index in [0.717, 1.165) is 4.47 Å². The van der Waals surface area contributed by atoms with Gasteiger partial charge in [0, 0.05) is 27.9 Å². The Kier molecular flexibility index (Phi) is 3.91. The Morgan fingerprint density at radius 3 is 2.42 bits per heavy atom. The van der Waals surface area contributed by atoms with Crippen molar-refractivity contribution in [2.45, 2.75) is 0 Å². The lowest BCUT2D eigenvalue weighted by Gasteiger charge is -2.05. The van der Waals surface area contributed by atoms with E-state index in [4.69, 9.17) is 0 Å². The lowest BCUT2D eigenvalue weighted by atomic mass is 10.2. The molecule has 2 aromatic rings. The monoisotopic (exact) mass is 320 g/mol. The van der Waals surface area contributed by atoms with Crippen molar-refractivity contribution < 1.29 is 9.72 Å². The molecule has 0 bridgehead atoms. The van der Waals surface area contributed by atoms with Gasteiger partial charge in [-0.15, -0.1) is 0 Å². The summed E-state index contributed by atoms with van der Waals surface area (Å²) >= 11 is 3.29. The van der Waals surface area contributed by atoms with E-state index in [1.165, 1.54) is 24.3 Å². The van der Waals surface area contributed by atoms with Gasteiger partial charge in [0.1, 0.15) is 0 Å². The zero-order valence-electron chi connectivity index (χ0n) is 9.67. The van der Waals surface area contributed by atoms with E-state index >= 15 is 0 Å². The molecular formula is C13H9BrN2O3. The smallest absolute Gasteiger partial charge is 0.269 e. The highest BCUT2D eigenvalue weighted by Gasteiger charge is 2.08. The molecule has 19 heavy (non-hydrogen) atoms. The molecular weight excluding hydrogens is 312 g/mol. The van der Waals surface area contributed by atoms with E-state index in [9.17, 15) is 14.9 Å². The average molecular weight is 321 g/mol. The van der Waals surface area contributed by atoms with Crippen molar-refractivity contribution in [2.75, 3.05) is 5.32 Å². The van der Waals surface area contributed by atoms with Crippen molar-refractivity contribution in [2.24, 2.45) is 0 Å². The predicted octanol–water partition coefficient (Wildman–Crippen LogP) is 3.61. The SMILES string of the molecule is O=C(Nc1ccc([N+](=O)[O-])cc1)c1cccc(Br)c1. The molecule has 0 radical (unpaired) electrons. The number of non-ortho nitro benzene ring substituents is 1. The molecule has 6 heteroatoms. The number of hydrogen-bond donors (Lipinski definition) is 1. The van der Waals surface area contributed by atoms with Crippen LogP contribution in [-0.2, 0) is 0 Å². The van der Waals surface area contributed by atoms with Gasteiger partial charge in [-0.3, -0.25) is 14.9 Å². The molecule has 0 spiro atoms. The number of anilines is 1. The minimum absolute atomic E-state index is 0.0135. The number of carbonyl (C=O) groups is 1. The van der Waals surface area contributed by atoms with Crippen LogP contribution < -0.4 is 5.32 Å². The molecule has 0 atom stereocenters. The zero-order valence-corrected chi connectivity index (χ0v) is 11.3. The summed E-state index contributed by atoms with van der Waals surface area (Å²) in [6.45, 7) is 0. The number of benzene rings is 2. The highest BCUT2D eigenvalue weighted by atomic mass is 79.9. The number of nitro groups is 1. The highest BCUT2D eigenvalue weighted by molar-refractivity contribution is 9.10. The van der Waals surface area contributed by atoms with Crippen molar-refractivity contribution in [3.8, 4) is 0 Å². The number of nitro benzene ring substituents is 1. The van der Waals surface area contributed by atoms with Crippen LogP contribution in [0.2, 0.25) is 0 Å². The fourth-order valence-corrected chi connectivity index (χ4v) is 1.90. The van der Waals surface area contributed by atoms with Gasteiger partial charge in [-0.1, -0.05) is 22.0 Å². The van der Waals surface area contributed by atoms with E-state index in [1.54, 1.807) is 18.2 Å². The minimum Gasteiger partial charge on any atom is -0.322 e. The topological polar surface area (TPSA) is 72.2 Å². The van der Waals surface area contributed by atoms with Crippen molar-refractivity contribution in [1.82, 2.24) is 0 Å². The molecule has 0 aliphatic heterocycles. The predicted molar refractivity (Wildman–Crippen MR) is 75.2 cm³/mol. The second kappa shape index (κ2) is 5.62. The Balaban J connectivity index is 2.13. The van der Waals surface area contributed by atoms with E-state index < -0.39 is 4.92 Å². The fourth-order valence-electron chi connectivity index (χ4n) is 1.50. The van der Waals surface area contributed by atoms with E-state index in [0.29, 0.717) is 11.3 Å². The van der Waals surface area contributed by atoms with Crippen LogP contribution in [-0.4, -0.2) is 10.8 Å². The van der Waals surface area contributed by atoms with Crippen LogP contribution in [0, 0.1) is 10.1 Å². The first kappa shape index (κ1) is 13.2. The van der Waals surface area contributed by atoms with Crippen LogP contribution in [0.4, 0.5) is 11.4 Å². The Hall–Kier alpha value is -2.21. The lowest BCUT2D eigenvalue weighted by Crippen LogP contribution is -2.11. The summed E-state index contributed by atoms with van der Waals surface area (Å²) in [6, 6.07) is 12.6. The zero-order chi connectivity index (χ0) is 13.8. The molecule has 5 nitrogen and oxygen atoms in total. The van der Waals surface area contributed by atoms with Crippen LogP contribution in [0.5, 0.6) is 0 Å². The van der Waals surface area contributed by atoms with Gasteiger partial charge in [-0.05, 0) is 30.3 Å². The van der Waals surface area contributed by atoms with E-state index in [2.05, 4.69) is 21.2 Å². The Labute approximate surface area is 117 Å². The molecule has 1 amide bonds. The lowest BCUT2D eigenvalue weighted by molar-refractivity contribution is -0.384. The molecule has 0 saturated heterocycles. The maximum absolute atomic E-state index is 11.9. The molecule has 2 rings (SSSR count). The largest absolute Gasteiger partial charge is 0.322 e. The van der Waals surface area contributed by atoms with Gasteiger partial charge in [0.25, 0.3) is 11.6 Å². The summed E-state index contributed by atoms with van der Waals surface area (Å²) < 4.78 is 0.809. The number of hydrogen-bond acceptors (Lipinski definition) is 3. The normalized spacial score (nSPS) is 9.95. The van der Waals surface area contributed by atoms with Crippen LogP contribution in [0.1, 0.15) is 10.4 Å². The molecule has 0 aliphatic rings. The molecule has 0 aliphatic carbocycles. The van der Waals surface area contributed by atoms with Gasteiger partial charge in [0.2, 0.25) is 0 Å². The first-order chi connectivity index (χ1) is 9.06. The van der Waals surface area contributed by atoms with Crippen LogP contribution >= 0.6 is 15.9 Å². The molecule has 0 unspecified atom stereocenters. The van der Waals surface area contributed by atoms with Crippen LogP contribution in [0.3, 0.4) is 0 Å². The number of nitrogens with zero attached hydrogens (tertiary/aromatic N) is 1. The van der Waals surface area contributed by atoms with Gasteiger partial charge in [0.05, 0.1) is 4.92 Å².